The van der Waals surface area contributed by atoms with Gasteiger partial charge in [-0.05, 0) is 6.08 Å². The summed E-state index contributed by atoms with van der Waals surface area (Å²) >= 11 is 0. The lowest BCUT2D eigenvalue weighted by Crippen LogP contribution is -2.16. The molecule has 1 aliphatic heterocycles. The first-order chi connectivity index (χ1) is 6.92. The maximum Gasteiger partial charge on any atom is 0.145 e. The third kappa shape index (κ3) is 1.64. The van der Waals surface area contributed by atoms with E-state index in [9.17, 15) is 0 Å². The molecule has 14 heavy (non-hydrogen) atoms. The summed E-state index contributed by atoms with van der Waals surface area (Å²) in [6.07, 6.45) is 13.2. The molecule has 2 heteroatoms. The van der Waals surface area contributed by atoms with Crippen LogP contribution >= 0.6 is 0 Å². The minimum atomic E-state index is 0.00446. The van der Waals surface area contributed by atoms with E-state index in [0.29, 0.717) is 6.61 Å². The van der Waals surface area contributed by atoms with Crippen LogP contribution in [0.2, 0.25) is 0 Å². The second-order valence-electron chi connectivity index (χ2n) is 3.02. The van der Waals surface area contributed by atoms with Crippen molar-refractivity contribution in [3.05, 3.63) is 60.6 Å². The summed E-state index contributed by atoms with van der Waals surface area (Å²) in [4.78, 5) is 0. The normalized spacial score (nSPS) is 23.0. The van der Waals surface area contributed by atoms with Crippen molar-refractivity contribution in [2.45, 2.75) is 6.10 Å². The van der Waals surface area contributed by atoms with Crippen LogP contribution < -0.4 is 0 Å². The smallest absolute Gasteiger partial charge is 0.145 e. The van der Waals surface area contributed by atoms with E-state index in [2.05, 4.69) is 6.58 Å². The fourth-order valence-corrected chi connectivity index (χ4v) is 1.43. The molecule has 2 rings (SSSR count). The zero-order valence-corrected chi connectivity index (χ0v) is 7.85. The first-order valence-electron chi connectivity index (χ1n) is 4.56. The van der Waals surface area contributed by atoms with Crippen LogP contribution in [-0.2, 0) is 9.47 Å². The maximum absolute atomic E-state index is 5.51. The topological polar surface area (TPSA) is 18.5 Å². The van der Waals surface area contributed by atoms with E-state index in [0.717, 1.165) is 11.3 Å². The molecule has 0 fully saturated rings. The third-order valence-corrected chi connectivity index (χ3v) is 2.07. The average Bonchev–Trinajstić information content (AvgIpc) is 2.26. The quantitative estimate of drug-likeness (QED) is 0.633. The van der Waals surface area contributed by atoms with Gasteiger partial charge in [-0.3, -0.25) is 0 Å². The molecular formula is C12H12O2. The maximum atomic E-state index is 5.51. The third-order valence-electron chi connectivity index (χ3n) is 2.07. The summed E-state index contributed by atoms with van der Waals surface area (Å²) in [7, 11) is 0. The summed E-state index contributed by atoms with van der Waals surface area (Å²) in [5, 5.41) is 0. The van der Waals surface area contributed by atoms with Crippen LogP contribution in [0.1, 0.15) is 0 Å². The van der Waals surface area contributed by atoms with Crippen LogP contribution in [0, 0.1) is 0 Å². The van der Waals surface area contributed by atoms with Crippen molar-refractivity contribution < 1.29 is 9.47 Å². The standard InChI is InChI=1S/C12H12O2/c1-2-8-13-12-7-9-14-11-6-4-3-5-10(11)12/h2-7,9,11H,1,8H2. The van der Waals surface area contributed by atoms with E-state index >= 15 is 0 Å². The van der Waals surface area contributed by atoms with E-state index in [1.54, 1.807) is 12.3 Å². The second-order valence-corrected chi connectivity index (χ2v) is 3.02. The van der Waals surface area contributed by atoms with Crippen LogP contribution in [0.4, 0.5) is 0 Å². The van der Waals surface area contributed by atoms with Gasteiger partial charge in [0, 0.05) is 11.6 Å². The van der Waals surface area contributed by atoms with Gasteiger partial charge in [0.2, 0.25) is 0 Å². The second kappa shape index (κ2) is 4.01. The van der Waals surface area contributed by atoms with Gasteiger partial charge in [0.15, 0.2) is 0 Å². The van der Waals surface area contributed by atoms with Gasteiger partial charge in [0.25, 0.3) is 0 Å². The molecule has 0 bridgehead atoms. The van der Waals surface area contributed by atoms with Gasteiger partial charge in [-0.2, -0.15) is 0 Å². The molecule has 72 valence electrons. The van der Waals surface area contributed by atoms with E-state index in [1.165, 1.54) is 0 Å². The molecule has 0 N–H and O–H groups in total. The molecule has 0 aromatic rings. The summed E-state index contributed by atoms with van der Waals surface area (Å²) < 4.78 is 10.9. The Morgan fingerprint density at radius 1 is 1.43 bits per heavy atom. The number of fused-ring (bicyclic) bond motifs is 1. The van der Waals surface area contributed by atoms with Gasteiger partial charge in [-0.1, -0.05) is 30.9 Å². The van der Waals surface area contributed by atoms with Crippen LogP contribution in [0.25, 0.3) is 0 Å². The SMILES string of the molecule is C=CCOC1=C2C=CC=CC2OC=C1. The Bertz CT molecular complexity index is 345. The Balaban J connectivity index is 2.22. The van der Waals surface area contributed by atoms with Gasteiger partial charge in [-0.25, -0.2) is 0 Å². The Hall–Kier alpha value is -1.70. The highest BCUT2D eigenvalue weighted by atomic mass is 16.5. The zero-order chi connectivity index (χ0) is 9.80. The molecule has 1 unspecified atom stereocenters. The van der Waals surface area contributed by atoms with E-state index < -0.39 is 0 Å². The van der Waals surface area contributed by atoms with Gasteiger partial charge < -0.3 is 9.47 Å². The predicted molar refractivity (Wildman–Crippen MR) is 55.5 cm³/mol. The zero-order valence-electron chi connectivity index (χ0n) is 7.85. The van der Waals surface area contributed by atoms with Gasteiger partial charge in [0.1, 0.15) is 18.5 Å². The van der Waals surface area contributed by atoms with Gasteiger partial charge in [-0.15, -0.1) is 0 Å². The molecule has 1 aliphatic carbocycles. The molecule has 0 spiro atoms. The van der Waals surface area contributed by atoms with Crippen molar-refractivity contribution in [2.75, 3.05) is 6.61 Å². The number of ether oxygens (including phenoxy) is 2. The van der Waals surface area contributed by atoms with Crippen LogP contribution in [0.15, 0.2) is 60.6 Å². The molecule has 0 saturated heterocycles. The highest BCUT2D eigenvalue weighted by Gasteiger charge is 2.19. The minimum Gasteiger partial charge on any atom is -0.489 e. The van der Waals surface area contributed by atoms with Gasteiger partial charge in [0.05, 0.1) is 6.26 Å². The Morgan fingerprint density at radius 3 is 3.21 bits per heavy atom. The summed E-state index contributed by atoms with van der Waals surface area (Å²) in [5.41, 5.74) is 1.07. The first-order valence-corrected chi connectivity index (χ1v) is 4.56. The number of rotatable bonds is 3. The van der Waals surface area contributed by atoms with Crippen LogP contribution in [0.5, 0.6) is 0 Å². The van der Waals surface area contributed by atoms with Gasteiger partial charge >= 0.3 is 0 Å². The molecule has 2 aliphatic rings. The molecule has 0 aromatic carbocycles. The largest absolute Gasteiger partial charge is 0.489 e. The summed E-state index contributed by atoms with van der Waals surface area (Å²) in [6.45, 7) is 4.14. The lowest BCUT2D eigenvalue weighted by Gasteiger charge is -2.22. The van der Waals surface area contributed by atoms with Crippen molar-refractivity contribution in [3.8, 4) is 0 Å². The highest BCUT2D eigenvalue weighted by Crippen LogP contribution is 2.24. The summed E-state index contributed by atoms with van der Waals surface area (Å²) in [6, 6.07) is 0. The van der Waals surface area contributed by atoms with Crippen molar-refractivity contribution in [1.29, 1.82) is 0 Å². The Labute approximate surface area is 83.5 Å². The van der Waals surface area contributed by atoms with Crippen molar-refractivity contribution in [1.82, 2.24) is 0 Å². The lowest BCUT2D eigenvalue weighted by molar-refractivity contribution is 0.185. The molecule has 0 amide bonds. The molecule has 0 radical (unpaired) electrons. The molecule has 0 saturated carbocycles. The molecule has 2 nitrogen and oxygen atoms in total. The first kappa shape index (κ1) is 8.88. The molecule has 1 heterocycles. The van der Waals surface area contributed by atoms with Crippen molar-refractivity contribution in [2.24, 2.45) is 0 Å². The highest BCUT2D eigenvalue weighted by molar-refractivity contribution is 5.41. The van der Waals surface area contributed by atoms with Crippen LogP contribution in [-0.4, -0.2) is 12.7 Å². The molecule has 1 atom stereocenters. The Morgan fingerprint density at radius 2 is 2.36 bits per heavy atom. The fraction of sp³-hybridized carbons (Fsp3) is 0.167. The number of allylic oxidation sites excluding steroid dienone is 3. The predicted octanol–water partition coefficient (Wildman–Crippen LogP) is 2.48. The van der Waals surface area contributed by atoms with Crippen molar-refractivity contribution in [3.63, 3.8) is 0 Å². The van der Waals surface area contributed by atoms with E-state index in [4.69, 9.17) is 9.47 Å². The molecule has 0 aromatic heterocycles. The lowest BCUT2D eigenvalue weighted by atomic mass is 10.0. The van der Waals surface area contributed by atoms with E-state index in [-0.39, 0.29) is 6.10 Å². The minimum absolute atomic E-state index is 0.00446. The monoisotopic (exact) mass is 188 g/mol. The summed E-state index contributed by atoms with van der Waals surface area (Å²) in [5.74, 6) is 0.863. The number of hydrogen-bond acceptors (Lipinski definition) is 2. The van der Waals surface area contributed by atoms with Crippen molar-refractivity contribution >= 4 is 0 Å². The Kier molecular flexibility index (Phi) is 2.54. The average molecular weight is 188 g/mol. The number of hydrogen-bond donors (Lipinski definition) is 0. The fourth-order valence-electron chi connectivity index (χ4n) is 1.43. The molecular weight excluding hydrogens is 176 g/mol. The van der Waals surface area contributed by atoms with Crippen LogP contribution in [0.3, 0.4) is 0 Å². The van der Waals surface area contributed by atoms with E-state index in [1.807, 2.05) is 30.4 Å².